The van der Waals surface area contributed by atoms with E-state index in [1.54, 1.807) is 0 Å². The van der Waals surface area contributed by atoms with Crippen molar-refractivity contribution in [1.29, 1.82) is 0 Å². The fourth-order valence-corrected chi connectivity index (χ4v) is 4.17. The van der Waals surface area contributed by atoms with Gasteiger partial charge in [0, 0.05) is 17.7 Å². The zero-order chi connectivity index (χ0) is 26.4. The molecule has 0 unspecified atom stereocenters. The predicted octanol–water partition coefficient (Wildman–Crippen LogP) is -0.417. The number of hydrogen-bond donors (Lipinski definition) is 7. The van der Waals surface area contributed by atoms with Crippen LogP contribution in [0.4, 0.5) is 0 Å². The monoisotopic (exact) mass is 528 g/mol. The standard InChI is InChI=1S/C21H20O14S/c22-7-13-15(26)17(28)20(35-36(29,30)31)21(33-13)34-19-16(27)14-11(25)5-10(24)6-12(14)32-18(19)8-1-3-9(23)4-2-8/h1-6,13,15,17,20-26,28H,7H2,(H,29,30,31)/t13-,15+,17-,20-,21+/m1/s1. The lowest BCUT2D eigenvalue weighted by atomic mass is 9.99. The Bertz CT molecular complexity index is 1430. The Balaban J connectivity index is 1.91. The summed E-state index contributed by atoms with van der Waals surface area (Å²) < 4.78 is 52.8. The van der Waals surface area contributed by atoms with Crippen molar-refractivity contribution < 1.29 is 61.7 Å². The molecule has 1 fully saturated rings. The van der Waals surface area contributed by atoms with Crippen molar-refractivity contribution in [3.63, 3.8) is 0 Å². The highest BCUT2D eigenvalue weighted by atomic mass is 32.3. The summed E-state index contributed by atoms with van der Waals surface area (Å²) in [6.07, 6.45) is -9.65. The number of fused-ring (bicyclic) bond motifs is 1. The minimum Gasteiger partial charge on any atom is -0.508 e. The lowest BCUT2D eigenvalue weighted by molar-refractivity contribution is -0.271. The van der Waals surface area contributed by atoms with Crippen molar-refractivity contribution >= 4 is 21.4 Å². The smallest absolute Gasteiger partial charge is 0.397 e. The lowest BCUT2D eigenvalue weighted by Crippen LogP contribution is -2.61. The van der Waals surface area contributed by atoms with Gasteiger partial charge >= 0.3 is 10.4 Å². The first-order valence-electron chi connectivity index (χ1n) is 10.2. The molecule has 0 bridgehead atoms. The molecular formula is C21H20O14S. The summed E-state index contributed by atoms with van der Waals surface area (Å²) >= 11 is 0. The number of hydrogen-bond acceptors (Lipinski definition) is 13. The minimum absolute atomic E-state index is 0.131. The van der Waals surface area contributed by atoms with Crippen molar-refractivity contribution in [2.45, 2.75) is 30.7 Å². The van der Waals surface area contributed by atoms with Crippen LogP contribution in [0.15, 0.2) is 45.6 Å². The van der Waals surface area contributed by atoms with Crippen molar-refractivity contribution in [2.75, 3.05) is 6.61 Å². The van der Waals surface area contributed by atoms with Crippen molar-refractivity contribution in [1.82, 2.24) is 0 Å². The summed E-state index contributed by atoms with van der Waals surface area (Å²) in [7, 11) is -5.24. The first kappa shape index (κ1) is 25.6. The molecule has 4 rings (SSSR count). The molecule has 14 nitrogen and oxygen atoms in total. The van der Waals surface area contributed by atoms with Gasteiger partial charge < -0.3 is 44.5 Å². The first-order valence-corrected chi connectivity index (χ1v) is 11.5. The number of ether oxygens (including phenoxy) is 2. The number of phenolic OH excluding ortho intramolecular Hbond substituents is 3. The Morgan fingerprint density at radius 1 is 0.972 bits per heavy atom. The number of rotatable bonds is 6. The number of phenols is 3. The highest BCUT2D eigenvalue weighted by Crippen LogP contribution is 2.37. The molecule has 0 aliphatic carbocycles. The largest absolute Gasteiger partial charge is 0.508 e. The van der Waals surface area contributed by atoms with Crippen LogP contribution in [0, 0.1) is 0 Å². The van der Waals surface area contributed by atoms with Gasteiger partial charge in [-0.25, -0.2) is 4.18 Å². The van der Waals surface area contributed by atoms with Gasteiger partial charge in [-0.3, -0.25) is 9.35 Å². The van der Waals surface area contributed by atoms with Crippen molar-refractivity contribution in [3.8, 4) is 34.3 Å². The number of aromatic hydroxyl groups is 3. The third-order valence-electron chi connectivity index (χ3n) is 5.34. The molecule has 0 amide bonds. The van der Waals surface area contributed by atoms with Crippen molar-refractivity contribution in [2.24, 2.45) is 0 Å². The SMILES string of the molecule is O=c1c(O[C@@H]2O[C@H](CO)[C@H](O)[C@@H](O)[C@H]2OS(=O)(=O)O)c(-c2ccc(O)cc2)oc2cc(O)cc(O)c12. The average molecular weight is 528 g/mol. The maximum absolute atomic E-state index is 13.4. The van der Waals surface area contributed by atoms with Gasteiger partial charge in [-0.2, -0.15) is 8.42 Å². The van der Waals surface area contributed by atoms with E-state index in [4.69, 9.17) is 18.4 Å². The first-order chi connectivity index (χ1) is 16.9. The second-order valence-electron chi connectivity index (χ2n) is 7.79. The van der Waals surface area contributed by atoms with E-state index in [1.807, 2.05) is 0 Å². The highest BCUT2D eigenvalue weighted by molar-refractivity contribution is 7.80. The van der Waals surface area contributed by atoms with Crippen LogP contribution in [0.1, 0.15) is 0 Å². The molecule has 1 saturated heterocycles. The summed E-state index contributed by atoms with van der Waals surface area (Å²) in [5, 5.41) is 59.1. The van der Waals surface area contributed by atoms with E-state index in [9.17, 15) is 43.9 Å². The van der Waals surface area contributed by atoms with Gasteiger partial charge in [-0.15, -0.1) is 0 Å². The van der Waals surface area contributed by atoms with Crippen LogP contribution in [-0.4, -0.2) is 80.9 Å². The molecule has 36 heavy (non-hydrogen) atoms. The molecule has 0 spiro atoms. The number of aliphatic hydroxyl groups excluding tert-OH is 3. The molecule has 3 aromatic rings. The van der Waals surface area contributed by atoms with Gasteiger partial charge in [0.1, 0.15) is 46.5 Å². The molecule has 15 heteroatoms. The normalized spacial score (nSPS) is 24.6. The summed E-state index contributed by atoms with van der Waals surface area (Å²) in [5.74, 6) is -2.32. The Morgan fingerprint density at radius 3 is 2.25 bits per heavy atom. The molecule has 1 aromatic heterocycles. The van der Waals surface area contributed by atoms with Crippen molar-refractivity contribution in [3.05, 3.63) is 46.6 Å². The van der Waals surface area contributed by atoms with Gasteiger partial charge in [0.15, 0.2) is 11.9 Å². The van der Waals surface area contributed by atoms with Gasteiger partial charge in [0.2, 0.25) is 17.5 Å². The minimum atomic E-state index is -5.24. The van der Waals surface area contributed by atoms with E-state index in [-0.39, 0.29) is 22.7 Å². The van der Waals surface area contributed by atoms with Crippen LogP contribution < -0.4 is 10.2 Å². The maximum atomic E-state index is 13.4. The van der Waals surface area contributed by atoms with Crippen LogP contribution in [0.2, 0.25) is 0 Å². The van der Waals surface area contributed by atoms with Gasteiger partial charge in [-0.1, -0.05) is 0 Å². The van der Waals surface area contributed by atoms with E-state index in [2.05, 4.69) is 4.18 Å². The summed E-state index contributed by atoms with van der Waals surface area (Å²) in [6.45, 7) is -0.867. The zero-order valence-corrected chi connectivity index (χ0v) is 18.8. The highest BCUT2D eigenvalue weighted by Gasteiger charge is 2.49. The molecule has 2 aromatic carbocycles. The molecule has 1 aliphatic heterocycles. The molecule has 0 saturated carbocycles. The van der Waals surface area contributed by atoms with E-state index in [0.29, 0.717) is 0 Å². The Kier molecular flexibility index (Phi) is 6.80. The predicted molar refractivity (Wildman–Crippen MR) is 118 cm³/mol. The molecule has 2 heterocycles. The fraction of sp³-hybridized carbons (Fsp3) is 0.286. The van der Waals surface area contributed by atoms with Gasteiger partial charge in [0.25, 0.3) is 0 Å². The van der Waals surface area contributed by atoms with E-state index in [1.165, 1.54) is 24.3 Å². The van der Waals surface area contributed by atoms with E-state index < -0.39 is 75.8 Å². The van der Waals surface area contributed by atoms with Crippen LogP contribution in [0.3, 0.4) is 0 Å². The van der Waals surface area contributed by atoms with E-state index >= 15 is 0 Å². The van der Waals surface area contributed by atoms with Gasteiger partial charge in [-0.05, 0) is 24.3 Å². The molecule has 7 N–H and O–H groups in total. The van der Waals surface area contributed by atoms with Crippen LogP contribution in [0.25, 0.3) is 22.3 Å². The third kappa shape index (κ3) is 4.93. The number of aliphatic hydroxyl groups is 3. The third-order valence-corrected chi connectivity index (χ3v) is 5.80. The molecular weight excluding hydrogens is 508 g/mol. The molecule has 5 atom stereocenters. The van der Waals surface area contributed by atoms with Crippen LogP contribution >= 0.6 is 0 Å². The van der Waals surface area contributed by atoms with Crippen LogP contribution in [0.5, 0.6) is 23.0 Å². The average Bonchev–Trinajstić information content (AvgIpc) is 2.79. The van der Waals surface area contributed by atoms with E-state index in [0.717, 1.165) is 12.1 Å². The maximum Gasteiger partial charge on any atom is 0.397 e. The molecule has 194 valence electrons. The van der Waals surface area contributed by atoms with Crippen LogP contribution in [-0.2, 0) is 19.3 Å². The molecule has 0 radical (unpaired) electrons. The topological polar surface area (TPSA) is 234 Å². The Hall–Kier alpha value is -3.44. The summed E-state index contributed by atoms with van der Waals surface area (Å²) in [5.41, 5.74) is -1.17. The Morgan fingerprint density at radius 2 is 1.64 bits per heavy atom. The quantitative estimate of drug-likeness (QED) is 0.201. The number of benzene rings is 2. The second kappa shape index (κ2) is 9.55. The zero-order valence-electron chi connectivity index (χ0n) is 18.0. The molecule has 1 aliphatic rings. The Labute approximate surface area is 201 Å². The fourth-order valence-electron chi connectivity index (χ4n) is 3.69. The lowest BCUT2D eigenvalue weighted by Gasteiger charge is -2.40. The van der Waals surface area contributed by atoms with Gasteiger partial charge in [0.05, 0.1) is 6.61 Å². The summed E-state index contributed by atoms with van der Waals surface area (Å²) in [4.78, 5) is 13.4. The summed E-state index contributed by atoms with van der Waals surface area (Å²) in [6, 6.07) is 7.01. The second-order valence-corrected chi connectivity index (χ2v) is 8.84.